The lowest BCUT2D eigenvalue weighted by Crippen LogP contribution is -2.35. The Bertz CT molecular complexity index is 888. The molecular weight excluding hydrogens is 506 g/mol. The van der Waals surface area contributed by atoms with Crippen LogP contribution in [0.3, 0.4) is 0 Å². The third-order valence-electron chi connectivity index (χ3n) is 6.62. The summed E-state index contributed by atoms with van der Waals surface area (Å²) in [5, 5.41) is 12.5. The van der Waals surface area contributed by atoms with Crippen LogP contribution in [-0.2, 0) is 27.4 Å². The van der Waals surface area contributed by atoms with E-state index >= 15 is 0 Å². The number of amides is 2. The smallest absolute Gasteiger partial charge is 0.241 e. The first-order valence-electron chi connectivity index (χ1n) is 12.6. The fourth-order valence-electron chi connectivity index (χ4n) is 4.61. The van der Waals surface area contributed by atoms with Gasteiger partial charge in [-0.15, -0.1) is 0 Å². The molecule has 0 unspecified atom stereocenters. The predicted octanol–water partition coefficient (Wildman–Crippen LogP) is 2.94. The molecule has 4 N–H and O–H groups in total. The zero-order chi connectivity index (χ0) is 24.5. The number of methoxy groups -OCH3 is 1. The number of carbonyl (C=O) groups is 2. The van der Waals surface area contributed by atoms with Gasteiger partial charge in [0.1, 0.15) is 0 Å². The predicted molar refractivity (Wildman–Crippen MR) is 159 cm³/mol. The van der Waals surface area contributed by atoms with Gasteiger partial charge in [0.15, 0.2) is 0 Å². The van der Waals surface area contributed by atoms with Gasteiger partial charge in [-0.3, -0.25) is 14.5 Å². The van der Waals surface area contributed by atoms with E-state index in [2.05, 4.69) is 50.4 Å². The van der Waals surface area contributed by atoms with Gasteiger partial charge in [0.05, 0.1) is 18.7 Å². The van der Waals surface area contributed by atoms with Crippen LogP contribution in [0.25, 0.3) is 0 Å². The highest BCUT2D eigenvalue weighted by atomic mass is 32.1. The molecule has 8 nitrogen and oxygen atoms in total. The number of rotatable bonds is 11. The fourth-order valence-corrected chi connectivity index (χ4v) is 4.61. The Kier molecular flexibility index (Phi) is 13.5. The van der Waals surface area contributed by atoms with Gasteiger partial charge in [-0.25, -0.2) is 0 Å². The standard InChI is InChI=1S/C27H37N5O3.2H2S/c1-35-17-16-32(18-20-6-10-22(11-7-20)30-26(33)24-4-2-14-28-24)19-21-8-12-23(13-9-21)31-27(34)25-5-3-15-29-25;;/h6-13,24-25,28-29H,2-5,14-19H2,1H3,(H,30,33)(H,31,34);2*1H2/t24-,25-;;/m0../s1. The van der Waals surface area contributed by atoms with Crippen molar-refractivity contribution in [3.8, 4) is 0 Å². The zero-order valence-electron chi connectivity index (χ0n) is 21.5. The molecule has 0 saturated carbocycles. The van der Waals surface area contributed by atoms with E-state index in [0.717, 1.165) is 69.8 Å². The third kappa shape index (κ3) is 9.63. The molecule has 0 radical (unpaired) electrons. The number of nitrogens with one attached hydrogen (secondary N) is 4. The van der Waals surface area contributed by atoms with Gasteiger partial charge < -0.3 is 26.0 Å². The topological polar surface area (TPSA) is 94.7 Å². The summed E-state index contributed by atoms with van der Waals surface area (Å²) in [5.41, 5.74) is 3.99. The minimum Gasteiger partial charge on any atom is -0.383 e. The van der Waals surface area contributed by atoms with Gasteiger partial charge in [0.25, 0.3) is 0 Å². The highest BCUT2D eigenvalue weighted by Gasteiger charge is 2.22. The fraction of sp³-hybridized carbons (Fsp3) is 0.481. The highest BCUT2D eigenvalue weighted by molar-refractivity contribution is 7.59. The second kappa shape index (κ2) is 16.0. The van der Waals surface area contributed by atoms with Gasteiger partial charge in [0, 0.05) is 38.1 Å². The second-order valence-electron chi connectivity index (χ2n) is 9.37. The summed E-state index contributed by atoms with van der Waals surface area (Å²) in [4.78, 5) is 27.0. The summed E-state index contributed by atoms with van der Waals surface area (Å²) in [7, 11) is 1.71. The number of hydrogen-bond acceptors (Lipinski definition) is 6. The lowest BCUT2D eigenvalue weighted by atomic mass is 10.1. The molecule has 0 aromatic heterocycles. The van der Waals surface area contributed by atoms with Crippen LogP contribution >= 0.6 is 27.0 Å². The van der Waals surface area contributed by atoms with Crippen molar-refractivity contribution in [3.05, 3.63) is 59.7 Å². The molecule has 2 aromatic rings. The summed E-state index contributed by atoms with van der Waals surface area (Å²) < 4.78 is 5.32. The molecule has 2 heterocycles. The molecule has 204 valence electrons. The SMILES string of the molecule is COCCN(Cc1ccc(NC(=O)[C@@H]2CCCN2)cc1)Cc1ccc(NC(=O)[C@@H]2CCCN2)cc1.S.S. The minimum absolute atomic E-state index is 0. The van der Waals surface area contributed by atoms with Crippen molar-refractivity contribution in [1.82, 2.24) is 15.5 Å². The van der Waals surface area contributed by atoms with Gasteiger partial charge in [-0.05, 0) is 74.2 Å². The molecule has 2 fully saturated rings. The van der Waals surface area contributed by atoms with Crippen LogP contribution in [0, 0.1) is 0 Å². The van der Waals surface area contributed by atoms with E-state index in [4.69, 9.17) is 4.74 Å². The van der Waals surface area contributed by atoms with Crippen molar-refractivity contribution in [2.45, 2.75) is 50.9 Å². The van der Waals surface area contributed by atoms with Crippen LogP contribution in [0.5, 0.6) is 0 Å². The van der Waals surface area contributed by atoms with Crippen molar-refractivity contribution in [3.63, 3.8) is 0 Å². The van der Waals surface area contributed by atoms with Crippen LogP contribution in [0.2, 0.25) is 0 Å². The third-order valence-corrected chi connectivity index (χ3v) is 6.62. The average Bonchev–Trinajstić information content (AvgIpc) is 3.60. The van der Waals surface area contributed by atoms with E-state index in [9.17, 15) is 9.59 Å². The minimum atomic E-state index is -0.0849. The monoisotopic (exact) mass is 547 g/mol. The lowest BCUT2D eigenvalue weighted by Gasteiger charge is -2.22. The molecule has 0 aliphatic carbocycles. The molecule has 2 atom stereocenters. The van der Waals surface area contributed by atoms with Crippen molar-refractivity contribution >= 4 is 50.2 Å². The molecule has 37 heavy (non-hydrogen) atoms. The van der Waals surface area contributed by atoms with Gasteiger partial charge in [0.2, 0.25) is 11.8 Å². The van der Waals surface area contributed by atoms with Gasteiger partial charge >= 0.3 is 0 Å². The second-order valence-corrected chi connectivity index (χ2v) is 9.37. The number of carbonyl (C=O) groups excluding carboxylic acids is 2. The van der Waals surface area contributed by atoms with E-state index in [-0.39, 0.29) is 50.9 Å². The molecule has 2 aromatic carbocycles. The van der Waals surface area contributed by atoms with Crippen LogP contribution in [-0.4, -0.2) is 62.1 Å². The highest BCUT2D eigenvalue weighted by Crippen LogP contribution is 2.17. The largest absolute Gasteiger partial charge is 0.383 e. The maximum atomic E-state index is 12.3. The van der Waals surface area contributed by atoms with Crippen LogP contribution in [0.1, 0.15) is 36.8 Å². The normalized spacial score (nSPS) is 18.6. The Balaban J connectivity index is 0.00000241. The summed E-state index contributed by atoms with van der Waals surface area (Å²) in [6, 6.07) is 15.9. The quantitative estimate of drug-likeness (QED) is 0.346. The van der Waals surface area contributed by atoms with Crippen molar-refractivity contribution in [2.24, 2.45) is 0 Å². The zero-order valence-corrected chi connectivity index (χ0v) is 23.5. The molecule has 2 aliphatic heterocycles. The molecule has 4 rings (SSSR count). The molecular formula is C27H41N5O3S2. The summed E-state index contributed by atoms with van der Waals surface area (Å²) in [6.07, 6.45) is 3.88. The average molecular weight is 548 g/mol. The van der Waals surface area contributed by atoms with E-state index < -0.39 is 0 Å². The Morgan fingerprint density at radius 2 is 1.24 bits per heavy atom. The molecule has 0 bridgehead atoms. The van der Waals surface area contributed by atoms with Crippen molar-refractivity contribution < 1.29 is 14.3 Å². The number of hydrogen-bond donors (Lipinski definition) is 4. The number of nitrogens with zero attached hydrogens (tertiary/aromatic N) is 1. The van der Waals surface area contributed by atoms with Gasteiger partial charge in [-0.1, -0.05) is 24.3 Å². The van der Waals surface area contributed by atoms with Crippen molar-refractivity contribution in [2.75, 3.05) is 44.0 Å². The number of anilines is 2. The van der Waals surface area contributed by atoms with E-state index in [1.165, 1.54) is 11.1 Å². The first kappa shape index (κ1) is 31.1. The molecule has 10 heteroatoms. The Hall–Kier alpha value is -2.08. The number of ether oxygens (including phenoxy) is 1. The van der Waals surface area contributed by atoms with Gasteiger partial charge in [-0.2, -0.15) is 27.0 Å². The van der Waals surface area contributed by atoms with Crippen LogP contribution < -0.4 is 21.3 Å². The number of benzene rings is 2. The van der Waals surface area contributed by atoms with Crippen LogP contribution in [0.4, 0.5) is 11.4 Å². The van der Waals surface area contributed by atoms with Crippen LogP contribution in [0.15, 0.2) is 48.5 Å². The maximum absolute atomic E-state index is 12.3. The Morgan fingerprint density at radius 1 is 0.811 bits per heavy atom. The lowest BCUT2D eigenvalue weighted by molar-refractivity contribution is -0.118. The Morgan fingerprint density at radius 3 is 1.59 bits per heavy atom. The summed E-state index contributed by atoms with van der Waals surface area (Å²) in [5.74, 6) is 0.0761. The van der Waals surface area contributed by atoms with E-state index in [1.54, 1.807) is 7.11 Å². The van der Waals surface area contributed by atoms with E-state index in [1.807, 2.05) is 24.3 Å². The molecule has 0 spiro atoms. The van der Waals surface area contributed by atoms with E-state index in [0.29, 0.717) is 6.61 Å². The summed E-state index contributed by atoms with van der Waals surface area (Å²) >= 11 is 0. The molecule has 2 aliphatic rings. The first-order valence-corrected chi connectivity index (χ1v) is 12.6. The molecule has 2 amide bonds. The Labute approximate surface area is 234 Å². The van der Waals surface area contributed by atoms with Crippen molar-refractivity contribution in [1.29, 1.82) is 0 Å². The molecule has 2 saturated heterocycles. The maximum Gasteiger partial charge on any atom is 0.241 e. The summed E-state index contributed by atoms with van der Waals surface area (Å²) in [6.45, 7) is 4.80. The first-order chi connectivity index (χ1) is 17.1.